The maximum Gasteiger partial charge on any atom is 0.389 e. The number of nitrogens with zero attached hydrogens (tertiary/aromatic N) is 2. The van der Waals surface area contributed by atoms with Crippen molar-refractivity contribution in [2.75, 3.05) is 12.3 Å². The number of anilines is 1. The Bertz CT molecular complexity index is 539. The third-order valence-corrected chi connectivity index (χ3v) is 2.27. The molecule has 0 saturated carbocycles. The largest absolute Gasteiger partial charge is 0.491 e. The summed E-state index contributed by atoms with van der Waals surface area (Å²) in [5.41, 5.74) is 6.63. The fourth-order valence-corrected chi connectivity index (χ4v) is 1.43. The molecule has 0 atom stereocenters. The van der Waals surface area contributed by atoms with Gasteiger partial charge in [-0.2, -0.15) is 13.2 Å². The monoisotopic (exact) mass is 261 g/mol. The highest BCUT2D eigenvalue weighted by Crippen LogP contribution is 2.27. The summed E-state index contributed by atoms with van der Waals surface area (Å²) < 4.78 is 45.5. The first kappa shape index (κ1) is 12.5. The van der Waals surface area contributed by atoms with E-state index in [1.807, 2.05) is 0 Å². The van der Waals surface area contributed by atoms with E-state index in [4.69, 9.17) is 10.5 Å². The zero-order valence-corrected chi connectivity index (χ0v) is 9.20. The lowest BCUT2D eigenvalue weighted by Gasteiger charge is -2.08. The van der Waals surface area contributed by atoms with Gasteiger partial charge in [-0.1, -0.05) is 0 Å². The van der Waals surface area contributed by atoms with E-state index in [9.17, 15) is 13.2 Å². The molecule has 5 nitrogen and oxygen atoms in total. The number of aromatic nitrogens is 2. The third-order valence-electron chi connectivity index (χ3n) is 2.27. The Hall–Kier alpha value is -1.99. The third kappa shape index (κ3) is 2.82. The predicted molar refractivity (Wildman–Crippen MR) is 57.0 cm³/mol. The van der Waals surface area contributed by atoms with Gasteiger partial charge in [0.25, 0.3) is 0 Å². The van der Waals surface area contributed by atoms with Crippen LogP contribution in [0.4, 0.5) is 18.9 Å². The average Bonchev–Trinajstić information content (AvgIpc) is 2.75. The maximum absolute atomic E-state index is 11.9. The first-order chi connectivity index (χ1) is 8.47. The predicted octanol–water partition coefficient (Wildman–Crippen LogP) is 2.53. The smallest absolute Gasteiger partial charge is 0.389 e. The van der Waals surface area contributed by atoms with Crippen molar-refractivity contribution in [3.63, 3.8) is 0 Å². The molecule has 0 saturated heterocycles. The van der Waals surface area contributed by atoms with Gasteiger partial charge in [0.05, 0.1) is 12.3 Å². The molecular formula is C10H10F3N3O2. The van der Waals surface area contributed by atoms with Gasteiger partial charge in [-0.05, 0) is 28.9 Å². The van der Waals surface area contributed by atoms with Gasteiger partial charge in [-0.25, -0.2) is 4.63 Å². The summed E-state index contributed by atoms with van der Waals surface area (Å²) in [6.45, 7) is -0.0641. The van der Waals surface area contributed by atoms with Crippen LogP contribution in [0.5, 0.6) is 5.75 Å². The summed E-state index contributed by atoms with van der Waals surface area (Å²) in [5.74, 6) is 0.308. The highest BCUT2D eigenvalue weighted by Gasteiger charge is 2.26. The second kappa shape index (κ2) is 4.71. The Morgan fingerprint density at radius 3 is 2.67 bits per heavy atom. The van der Waals surface area contributed by atoms with Crippen molar-refractivity contribution in [3.8, 4) is 5.75 Å². The molecule has 0 bridgehead atoms. The molecule has 0 aliphatic carbocycles. The number of hydrogen-bond acceptors (Lipinski definition) is 5. The summed E-state index contributed by atoms with van der Waals surface area (Å²) in [6, 6.07) is 3.06. The van der Waals surface area contributed by atoms with Gasteiger partial charge in [0.1, 0.15) is 0 Å². The van der Waals surface area contributed by atoms with Gasteiger partial charge < -0.3 is 10.5 Å². The Balaban J connectivity index is 2.00. The van der Waals surface area contributed by atoms with Crippen LogP contribution in [0.2, 0.25) is 0 Å². The molecular weight excluding hydrogens is 251 g/mol. The molecule has 0 amide bonds. The van der Waals surface area contributed by atoms with E-state index < -0.39 is 12.6 Å². The van der Waals surface area contributed by atoms with Crippen molar-refractivity contribution in [2.45, 2.75) is 19.0 Å². The molecule has 8 heteroatoms. The number of nitrogens with two attached hydrogens (primary N) is 1. The SMILES string of the molecule is Nc1ccc(OCCCC(F)(F)F)c2nonc12. The molecule has 0 fully saturated rings. The van der Waals surface area contributed by atoms with Crippen molar-refractivity contribution in [2.24, 2.45) is 0 Å². The maximum atomic E-state index is 11.9. The van der Waals surface area contributed by atoms with Crippen LogP contribution in [-0.4, -0.2) is 23.1 Å². The van der Waals surface area contributed by atoms with Crippen molar-refractivity contribution in [3.05, 3.63) is 12.1 Å². The zero-order chi connectivity index (χ0) is 13.2. The minimum Gasteiger partial charge on any atom is -0.491 e. The topological polar surface area (TPSA) is 74.2 Å². The van der Waals surface area contributed by atoms with E-state index in [1.54, 1.807) is 0 Å². The normalized spacial score (nSPS) is 11.9. The molecule has 1 heterocycles. The number of rotatable bonds is 4. The van der Waals surface area contributed by atoms with E-state index in [0.717, 1.165) is 0 Å². The summed E-state index contributed by atoms with van der Waals surface area (Å²) in [5, 5.41) is 7.17. The van der Waals surface area contributed by atoms with Crippen molar-refractivity contribution in [1.82, 2.24) is 10.3 Å². The van der Waals surface area contributed by atoms with Gasteiger partial charge >= 0.3 is 6.18 Å². The number of alkyl halides is 3. The minimum atomic E-state index is -4.17. The second-order valence-electron chi connectivity index (χ2n) is 3.68. The Morgan fingerprint density at radius 1 is 1.22 bits per heavy atom. The van der Waals surface area contributed by atoms with Crippen LogP contribution in [0, 0.1) is 0 Å². The molecule has 18 heavy (non-hydrogen) atoms. The van der Waals surface area contributed by atoms with Crippen LogP contribution >= 0.6 is 0 Å². The second-order valence-corrected chi connectivity index (χ2v) is 3.68. The fourth-order valence-electron chi connectivity index (χ4n) is 1.43. The number of halogens is 3. The minimum absolute atomic E-state index is 0.0641. The molecule has 2 N–H and O–H groups in total. The van der Waals surface area contributed by atoms with E-state index in [0.29, 0.717) is 22.5 Å². The van der Waals surface area contributed by atoms with Gasteiger partial charge in [0.15, 0.2) is 16.8 Å². The van der Waals surface area contributed by atoms with Crippen LogP contribution in [0.25, 0.3) is 11.0 Å². The lowest BCUT2D eigenvalue weighted by Crippen LogP contribution is -2.09. The van der Waals surface area contributed by atoms with Crippen molar-refractivity contribution < 1.29 is 22.5 Å². The zero-order valence-electron chi connectivity index (χ0n) is 9.20. The number of hydrogen-bond donors (Lipinski definition) is 1. The van der Waals surface area contributed by atoms with Crippen LogP contribution in [0.3, 0.4) is 0 Å². The van der Waals surface area contributed by atoms with E-state index in [1.165, 1.54) is 12.1 Å². The number of fused-ring (bicyclic) bond motifs is 1. The summed E-state index contributed by atoms with van der Waals surface area (Å²) in [6.07, 6.45) is -5.18. The number of ether oxygens (including phenoxy) is 1. The van der Waals surface area contributed by atoms with Crippen molar-refractivity contribution in [1.29, 1.82) is 0 Å². The molecule has 98 valence electrons. The standard InChI is InChI=1S/C10H10F3N3O2/c11-10(12,13)4-1-5-17-7-3-2-6(14)8-9(7)16-18-15-8/h2-3H,1,4-5,14H2. The molecule has 1 aromatic carbocycles. The first-order valence-corrected chi connectivity index (χ1v) is 5.18. The molecule has 0 radical (unpaired) electrons. The van der Waals surface area contributed by atoms with Crippen LogP contribution < -0.4 is 10.5 Å². The fraction of sp³-hybridized carbons (Fsp3) is 0.400. The van der Waals surface area contributed by atoms with Gasteiger partial charge in [-0.3, -0.25) is 0 Å². The highest BCUT2D eigenvalue weighted by molar-refractivity contribution is 5.90. The average molecular weight is 261 g/mol. The lowest BCUT2D eigenvalue weighted by molar-refractivity contribution is -0.136. The van der Waals surface area contributed by atoms with Gasteiger partial charge in [-0.15, -0.1) is 0 Å². The molecule has 2 aromatic rings. The Morgan fingerprint density at radius 2 is 1.94 bits per heavy atom. The van der Waals surface area contributed by atoms with Gasteiger partial charge in [0, 0.05) is 6.42 Å². The van der Waals surface area contributed by atoms with Gasteiger partial charge in [0.2, 0.25) is 0 Å². The summed E-state index contributed by atoms with van der Waals surface area (Å²) >= 11 is 0. The Kier molecular flexibility index (Phi) is 3.26. The Labute approximate surface area is 99.7 Å². The molecule has 0 unspecified atom stereocenters. The number of benzene rings is 1. The molecule has 2 rings (SSSR count). The van der Waals surface area contributed by atoms with E-state index in [2.05, 4.69) is 14.9 Å². The molecule has 1 aromatic heterocycles. The van der Waals surface area contributed by atoms with E-state index >= 15 is 0 Å². The van der Waals surface area contributed by atoms with Crippen LogP contribution in [0.1, 0.15) is 12.8 Å². The summed E-state index contributed by atoms with van der Waals surface area (Å²) in [4.78, 5) is 0. The highest BCUT2D eigenvalue weighted by atomic mass is 19.4. The molecule has 0 aliphatic rings. The number of nitrogen functional groups attached to an aromatic ring is 1. The van der Waals surface area contributed by atoms with Crippen LogP contribution in [0.15, 0.2) is 16.8 Å². The quantitative estimate of drug-likeness (QED) is 0.676. The van der Waals surface area contributed by atoms with E-state index in [-0.39, 0.29) is 13.0 Å². The molecule has 0 spiro atoms. The van der Waals surface area contributed by atoms with Crippen LogP contribution in [-0.2, 0) is 0 Å². The first-order valence-electron chi connectivity index (χ1n) is 5.18. The molecule has 0 aliphatic heterocycles. The lowest BCUT2D eigenvalue weighted by atomic mass is 10.2. The van der Waals surface area contributed by atoms with Crippen molar-refractivity contribution >= 4 is 16.7 Å². The summed E-state index contributed by atoms with van der Waals surface area (Å²) in [7, 11) is 0.